The number of halogens is 4. The van der Waals surface area contributed by atoms with Crippen molar-refractivity contribution in [3.63, 3.8) is 0 Å². The van der Waals surface area contributed by atoms with Gasteiger partial charge < -0.3 is 15.4 Å². The van der Waals surface area contributed by atoms with Crippen molar-refractivity contribution in [3.05, 3.63) is 23.9 Å². The molecule has 1 aliphatic rings. The Hall–Kier alpha value is -1.90. The maximum Gasteiger partial charge on any atom is 0.421 e. The van der Waals surface area contributed by atoms with Crippen molar-refractivity contribution in [2.45, 2.75) is 32.2 Å². The van der Waals surface area contributed by atoms with E-state index in [1.165, 1.54) is 20.0 Å². The lowest BCUT2D eigenvalue weighted by Gasteiger charge is -2.26. The van der Waals surface area contributed by atoms with Crippen LogP contribution in [0.5, 0.6) is 5.88 Å². The molecule has 9 heteroatoms. The zero-order valence-electron chi connectivity index (χ0n) is 13.3. The van der Waals surface area contributed by atoms with Gasteiger partial charge in [-0.15, -0.1) is 0 Å². The third-order valence-corrected chi connectivity index (χ3v) is 3.72. The minimum Gasteiger partial charge on any atom is -0.476 e. The molecule has 2 atom stereocenters. The van der Waals surface area contributed by atoms with Crippen LogP contribution in [0.2, 0.25) is 0 Å². The van der Waals surface area contributed by atoms with E-state index in [0.29, 0.717) is 6.54 Å². The van der Waals surface area contributed by atoms with Gasteiger partial charge in [-0.1, -0.05) is 0 Å². The monoisotopic (exact) mass is 349 g/mol. The van der Waals surface area contributed by atoms with Crippen LogP contribution in [0.3, 0.4) is 0 Å². The second-order valence-electron chi connectivity index (χ2n) is 6.28. The van der Waals surface area contributed by atoms with Crippen molar-refractivity contribution in [3.8, 4) is 5.88 Å². The number of ether oxygens (including phenoxy) is 1. The highest BCUT2D eigenvalue weighted by atomic mass is 19.4. The first-order valence-electron chi connectivity index (χ1n) is 7.42. The van der Waals surface area contributed by atoms with E-state index < -0.39 is 41.2 Å². The second-order valence-corrected chi connectivity index (χ2v) is 6.28. The number of alkyl halides is 4. The fraction of sp³-hybridized carbons (Fsp3) is 0.600. The summed E-state index contributed by atoms with van der Waals surface area (Å²) in [5.74, 6) is -1.08. The molecule has 1 amide bonds. The summed E-state index contributed by atoms with van der Waals surface area (Å²) in [6, 6.07) is 1.35. The molecule has 0 spiro atoms. The lowest BCUT2D eigenvalue weighted by atomic mass is 9.93. The number of nitrogens with zero attached hydrogens (tertiary/aromatic N) is 1. The standard InChI is InChI=1S/C15H19F4N3O2/c1-14(2,13(23)22-11-7-20-6-10(11)16)8-24-12-9(15(17,18)19)4-3-5-21-12/h3-5,10-11,20H,6-8H2,1-2H3,(H,22,23)/t10-,11-/m0/s1. The summed E-state index contributed by atoms with van der Waals surface area (Å²) in [4.78, 5) is 15.8. The fourth-order valence-electron chi connectivity index (χ4n) is 2.19. The Balaban J connectivity index is 2.01. The van der Waals surface area contributed by atoms with Crippen molar-refractivity contribution in [1.29, 1.82) is 0 Å². The molecule has 24 heavy (non-hydrogen) atoms. The molecule has 0 aliphatic carbocycles. The topological polar surface area (TPSA) is 63.2 Å². The van der Waals surface area contributed by atoms with E-state index >= 15 is 0 Å². The van der Waals surface area contributed by atoms with Crippen molar-refractivity contribution >= 4 is 5.91 Å². The predicted molar refractivity (Wildman–Crippen MR) is 78.2 cm³/mol. The van der Waals surface area contributed by atoms with Gasteiger partial charge in [0.1, 0.15) is 18.3 Å². The minimum absolute atomic E-state index is 0.157. The van der Waals surface area contributed by atoms with Crippen LogP contribution in [-0.2, 0) is 11.0 Å². The fourth-order valence-corrected chi connectivity index (χ4v) is 2.19. The highest BCUT2D eigenvalue weighted by Gasteiger charge is 2.37. The van der Waals surface area contributed by atoms with Gasteiger partial charge >= 0.3 is 6.18 Å². The van der Waals surface area contributed by atoms with E-state index in [1.54, 1.807) is 0 Å². The molecule has 0 bridgehead atoms. The quantitative estimate of drug-likeness (QED) is 0.798. The zero-order chi connectivity index (χ0) is 18.0. The van der Waals surface area contributed by atoms with Crippen LogP contribution in [-0.4, -0.2) is 42.8 Å². The van der Waals surface area contributed by atoms with Crippen molar-refractivity contribution in [2.75, 3.05) is 19.7 Å². The molecule has 2 N–H and O–H groups in total. The molecule has 0 saturated carbocycles. The van der Waals surface area contributed by atoms with E-state index in [1.807, 2.05) is 0 Å². The highest BCUT2D eigenvalue weighted by molar-refractivity contribution is 5.82. The first-order valence-corrected chi connectivity index (χ1v) is 7.42. The van der Waals surface area contributed by atoms with Crippen molar-refractivity contribution < 1.29 is 27.1 Å². The maximum atomic E-state index is 13.5. The molecule has 1 fully saturated rings. The Bertz CT molecular complexity index is 592. The Morgan fingerprint density at radius 2 is 2.12 bits per heavy atom. The molecule has 0 unspecified atom stereocenters. The summed E-state index contributed by atoms with van der Waals surface area (Å²) >= 11 is 0. The summed E-state index contributed by atoms with van der Waals surface area (Å²) in [7, 11) is 0. The van der Waals surface area contributed by atoms with Crippen LogP contribution in [0.25, 0.3) is 0 Å². The molecular formula is C15H19F4N3O2. The second kappa shape index (κ2) is 6.92. The third kappa shape index (κ3) is 4.34. The Labute approximate surface area is 136 Å². The number of hydrogen-bond acceptors (Lipinski definition) is 4. The Morgan fingerprint density at radius 3 is 2.71 bits per heavy atom. The van der Waals surface area contributed by atoms with Gasteiger partial charge in [0.2, 0.25) is 11.8 Å². The Kier molecular flexibility index (Phi) is 5.32. The molecule has 1 aromatic rings. The molecule has 1 saturated heterocycles. The van der Waals surface area contributed by atoms with Crippen LogP contribution in [0, 0.1) is 5.41 Å². The SMILES string of the molecule is CC(C)(COc1ncccc1C(F)(F)F)C(=O)N[C@H]1CNC[C@@H]1F. The number of hydrogen-bond donors (Lipinski definition) is 2. The normalized spacial score (nSPS) is 21.6. The minimum atomic E-state index is -4.60. The van der Waals surface area contributed by atoms with Crippen LogP contribution in [0.4, 0.5) is 17.6 Å². The first kappa shape index (κ1) is 18.4. The van der Waals surface area contributed by atoms with E-state index in [2.05, 4.69) is 15.6 Å². The number of amides is 1. The Morgan fingerprint density at radius 1 is 1.42 bits per heavy atom. The van der Waals surface area contributed by atoms with Gasteiger partial charge in [-0.05, 0) is 26.0 Å². The van der Waals surface area contributed by atoms with E-state index in [-0.39, 0.29) is 13.2 Å². The summed E-state index contributed by atoms with van der Waals surface area (Å²) < 4.78 is 57.3. The molecule has 2 rings (SSSR count). The third-order valence-electron chi connectivity index (χ3n) is 3.72. The molecule has 5 nitrogen and oxygen atoms in total. The summed E-state index contributed by atoms with van der Waals surface area (Å²) in [6.45, 7) is 3.16. The highest BCUT2D eigenvalue weighted by Crippen LogP contribution is 2.35. The molecule has 1 aromatic heterocycles. The average molecular weight is 349 g/mol. The number of carbonyl (C=O) groups excluding carboxylic acids is 1. The van der Waals surface area contributed by atoms with Crippen molar-refractivity contribution in [2.24, 2.45) is 5.41 Å². The van der Waals surface area contributed by atoms with E-state index in [4.69, 9.17) is 4.74 Å². The van der Waals surface area contributed by atoms with E-state index in [0.717, 1.165) is 12.1 Å². The molecule has 0 aromatic carbocycles. The van der Waals surface area contributed by atoms with E-state index in [9.17, 15) is 22.4 Å². The largest absolute Gasteiger partial charge is 0.476 e. The smallest absolute Gasteiger partial charge is 0.421 e. The summed E-state index contributed by atoms with van der Waals surface area (Å²) in [6.07, 6.45) is -4.62. The van der Waals surface area contributed by atoms with Gasteiger partial charge in [-0.2, -0.15) is 13.2 Å². The predicted octanol–water partition coefficient (Wildman–Crippen LogP) is 1.93. The van der Waals surface area contributed by atoms with Gasteiger partial charge in [-0.25, -0.2) is 9.37 Å². The van der Waals surface area contributed by atoms with Crippen LogP contribution < -0.4 is 15.4 Å². The van der Waals surface area contributed by atoms with Gasteiger partial charge in [-0.3, -0.25) is 4.79 Å². The number of nitrogens with one attached hydrogen (secondary N) is 2. The zero-order valence-corrected chi connectivity index (χ0v) is 13.3. The number of aromatic nitrogens is 1. The number of carbonyl (C=O) groups is 1. The molecule has 134 valence electrons. The average Bonchev–Trinajstić information content (AvgIpc) is 2.90. The molecule has 1 aliphatic heterocycles. The van der Waals surface area contributed by atoms with Crippen LogP contribution >= 0.6 is 0 Å². The van der Waals surface area contributed by atoms with Crippen molar-refractivity contribution in [1.82, 2.24) is 15.6 Å². The van der Waals surface area contributed by atoms with Gasteiger partial charge in [0, 0.05) is 19.3 Å². The summed E-state index contributed by atoms with van der Waals surface area (Å²) in [5.41, 5.74) is -2.16. The molecular weight excluding hydrogens is 330 g/mol. The molecule has 0 radical (unpaired) electrons. The number of pyridine rings is 1. The molecule has 2 heterocycles. The van der Waals surface area contributed by atoms with Gasteiger partial charge in [0.15, 0.2) is 0 Å². The van der Waals surface area contributed by atoms with Crippen LogP contribution in [0.15, 0.2) is 18.3 Å². The first-order chi connectivity index (χ1) is 11.1. The van der Waals surface area contributed by atoms with Crippen LogP contribution in [0.1, 0.15) is 19.4 Å². The van der Waals surface area contributed by atoms with Gasteiger partial charge in [0.05, 0.1) is 11.5 Å². The summed E-state index contributed by atoms with van der Waals surface area (Å²) in [5, 5.41) is 5.36. The lowest BCUT2D eigenvalue weighted by Crippen LogP contribution is -2.48. The van der Waals surface area contributed by atoms with Gasteiger partial charge in [0.25, 0.3) is 0 Å². The maximum absolute atomic E-state index is 13.5. The lowest BCUT2D eigenvalue weighted by molar-refractivity contribution is -0.139. The number of rotatable bonds is 5.